The number of amides is 1. The number of benzene rings is 2. The molecular weight excluding hydrogens is 354 g/mol. The summed E-state index contributed by atoms with van der Waals surface area (Å²) in [6.07, 6.45) is 0.878. The van der Waals surface area contributed by atoms with Crippen LogP contribution >= 0.6 is 0 Å². The molecule has 0 aromatic heterocycles. The van der Waals surface area contributed by atoms with E-state index in [1.807, 2.05) is 18.2 Å². The van der Waals surface area contributed by atoms with Gasteiger partial charge in [-0.3, -0.25) is 4.79 Å². The molecule has 1 heterocycles. The Kier molecular flexibility index (Phi) is 5.84. The standard InChI is InChI=1S/C23H27NO4/c1-23(2,3)18-9-7-15(8-10-18)21(28-14-19-11-12-20(25)24-19)16-5-4-6-17(13-16)22(26)27/h4-10,13,19,21H,11-12,14H2,1-3H3,(H,24,25)(H,26,27). The van der Waals surface area contributed by atoms with Gasteiger partial charge in [0.2, 0.25) is 5.91 Å². The summed E-state index contributed by atoms with van der Waals surface area (Å²) in [6, 6.07) is 15.1. The molecule has 0 saturated carbocycles. The quantitative estimate of drug-likeness (QED) is 0.791. The van der Waals surface area contributed by atoms with Gasteiger partial charge in [0.25, 0.3) is 0 Å². The summed E-state index contributed by atoms with van der Waals surface area (Å²) in [6.45, 7) is 6.87. The minimum absolute atomic E-state index is 0.00787. The molecule has 2 aromatic carbocycles. The molecule has 2 aromatic rings. The van der Waals surface area contributed by atoms with Crippen LogP contribution in [0.4, 0.5) is 0 Å². The summed E-state index contributed by atoms with van der Waals surface area (Å²) in [5.41, 5.74) is 3.24. The zero-order valence-corrected chi connectivity index (χ0v) is 16.6. The Hall–Kier alpha value is -2.66. The molecule has 2 N–H and O–H groups in total. The number of hydrogen-bond donors (Lipinski definition) is 2. The third kappa shape index (κ3) is 4.78. The molecule has 0 spiro atoms. The first-order valence-electron chi connectivity index (χ1n) is 9.59. The first-order chi connectivity index (χ1) is 13.2. The lowest BCUT2D eigenvalue weighted by atomic mass is 9.86. The van der Waals surface area contributed by atoms with E-state index in [0.717, 1.165) is 17.5 Å². The summed E-state index contributed by atoms with van der Waals surface area (Å²) in [7, 11) is 0. The van der Waals surface area contributed by atoms with E-state index < -0.39 is 12.1 Å². The van der Waals surface area contributed by atoms with Gasteiger partial charge in [-0.15, -0.1) is 0 Å². The van der Waals surface area contributed by atoms with Gasteiger partial charge in [-0.25, -0.2) is 4.79 Å². The van der Waals surface area contributed by atoms with Crippen molar-refractivity contribution in [2.45, 2.75) is 51.2 Å². The van der Waals surface area contributed by atoms with E-state index in [2.05, 4.69) is 38.2 Å². The first kappa shape index (κ1) is 20.1. The zero-order valence-electron chi connectivity index (χ0n) is 16.6. The van der Waals surface area contributed by atoms with E-state index in [4.69, 9.17) is 4.74 Å². The Morgan fingerprint density at radius 3 is 2.46 bits per heavy atom. The Morgan fingerprint density at radius 1 is 1.18 bits per heavy atom. The van der Waals surface area contributed by atoms with Crippen LogP contribution in [0.1, 0.15) is 66.8 Å². The Balaban J connectivity index is 1.88. The molecule has 0 aliphatic carbocycles. The monoisotopic (exact) mass is 381 g/mol. The number of hydrogen-bond acceptors (Lipinski definition) is 3. The smallest absolute Gasteiger partial charge is 0.335 e. The van der Waals surface area contributed by atoms with Crippen LogP contribution in [-0.4, -0.2) is 29.6 Å². The van der Waals surface area contributed by atoms with Crippen molar-refractivity contribution in [3.63, 3.8) is 0 Å². The molecule has 0 bridgehead atoms. The highest BCUT2D eigenvalue weighted by atomic mass is 16.5. The average Bonchev–Trinajstić information content (AvgIpc) is 3.07. The highest BCUT2D eigenvalue weighted by Crippen LogP contribution is 2.30. The lowest BCUT2D eigenvalue weighted by Gasteiger charge is -2.24. The van der Waals surface area contributed by atoms with Crippen LogP contribution in [0.3, 0.4) is 0 Å². The summed E-state index contributed by atoms with van der Waals surface area (Å²) < 4.78 is 6.20. The highest BCUT2D eigenvalue weighted by Gasteiger charge is 2.24. The van der Waals surface area contributed by atoms with Gasteiger partial charge in [-0.1, -0.05) is 57.2 Å². The van der Waals surface area contributed by atoms with E-state index in [1.165, 1.54) is 5.56 Å². The minimum atomic E-state index is -0.966. The molecule has 0 radical (unpaired) electrons. The minimum Gasteiger partial charge on any atom is -0.478 e. The van der Waals surface area contributed by atoms with Crippen LogP contribution in [0, 0.1) is 0 Å². The van der Waals surface area contributed by atoms with E-state index >= 15 is 0 Å². The Labute approximate surface area is 165 Å². The van der Waals surface area contributed by atoms with Crippen LogP contribution in [-0.2, 0) is 14.9 Å². The van der Waals surface area contributed by atoms with Gasteiger partial charge >= 0.3 is 5.97 Å². The predicted octanol–water partition coefficient (Wildman–Crippen LogP) is 4.07. The second kappa shape index (κ2) is 8.15. The highest BCUT2D eigenvalue weighted by molar-refractivity contribution is 5.87. The predicted molar refractivity (Wildman–Crippen MR) is 108 cm³/mol. The van der Waals surface area contributed by atoms with Crippen LogP contribution in [0.2, 0.25) is 0 Å². The first-order valence-corrected chi connectivity index (χ1v) is 9.59. The maximum Gasteiger partial charge on any atom is 0.335 e. The third-order valence-electron chi connectivity index (χ3n) is 5.06. The molecule has 5 heteroatoms. The van der Waals surface area contributed by atoms with Crippen molar-refractivity contribution < 1.29 is 19.4 Å². The van der Waals surface area contributed by atoms with Gasteiger partial charge in [0.05, 0.1) is 18.2 Å². The lowest BCUT2D eigenvalue weighted by molar-refractivity contribution is -0.119. The van der Waals surface area contributed by atoms with Crippen molar-refractivity contribution in [1.29, 1.82) is 0 Å². The molecule has 5 nitrogen and oxygen atoms in total. The number of ether oxygens (including phenoxy) is 1. The van der Waals surface area contributed by atoms with Gasteiger partial charge in [0.15, 0.2) is 0 Å². The van der Waals surface area contributed by atoms with Gasteiger partial charge in [0, 0.05) is 6.42 Å². The third-order valence-corrected chi connectivity index (χ3v) is 5.06. The summed E-state index contributed by atoms with van der Waals surface area (Å²) in [4.78, 5) is 22.8. The molecule has 2 atom stereocenters. The number of carboxylic acid groups (broad SMARTS) is 1. The number of rotatable bonds is 6. The molecule has 28 heavy (non-hydrogen) atoms. The molecule has 1 aliphatic rings. The van der Waals surface area contributed by atoms with Crippen molar-refractivity contribution >= 4 is 11.9 Å². The van der Waals surface area contributed by atoms with Crippen LogP contribution in [0.25, 0.3) is 0 Å². The van der Waals surface area contributed by atoms with Crippen molar-refractivity contribution in [3.05, 3.63) is 70.8 Å². The summed E-state index contributed by atoms with van der Waals surface area (Å²) in [5, 5.41) is 12.2. The average molecular weight is 381 g/mol. The van der Waals surface area contributed by atoms with Gasteiger partial charge < -0.3 is 15.2 Å². The van der Waals surface area contributed by atoms with E-state index in [-0.39, 0.29) is 22.9 Å². The van der Waals surface area contributed by atoms with Crippen LogP contribution < -0.4 is 5.32 Å². The number of carbonyl (C=O) groups is 2. The van der Waals surface area contributed by atoms with Crippen LogP contribution in [0.15, 0.2) is 48.5 Å². The number of nitrogens with one attached hydrogen (secondary N) is 1. The number of carbonyl (C=O) groups excluding carboxylic acids is 1. The van der Waals surface area contributed by atoms with Gasteiger partial charge in [-0.2, -0.15) is 0 Å². The topological polar surface area (TPSA) is 75.6 Å². The molecule has 1 fully saturated rings. The fraction of sp³-hybridized carbons (Fsp3) is 0.391. The van der Waals surface area contributed by atoms with E-state index in [9.17, 15) is 14.7 Å². The fourth-order valence-electron chi connectivity index (χ4n) is 3.39. The normalized spacial score (nSPS) is 18.0. The lowest BCUT2D eigenvalue weighted by Crippen LogP contribution is -2.30. The van der Waals surface area contributed by atoms with E-state index in [0.29, 0.717) is 13.0 Å². The zero-order chi connectivity index (χ0) is 20.3. The SMILES string of the molecule is CC(C)(C)c1ccc(C(OCC2CCC(=O)N2)c2cccc(C(=O)O)c2)cc1. The molecule has 1 saturated heterocycles. The molecule has 1 amide bonds. The molecule has 2 unspecified atom stereocenters. The van der Waals surface area contributed by atoms with Crippen molar-refractivity contribution in [2.75, 3.05) is 6.61 Å². The van der Waals surface area contributed by atoms with Crippen molar-refractivity contribution in [2.24, 2.45) is 0 Å². The Bertz CT molecular complexity index is 852. The molecule has 148 valence electrons. The van der Waals surface area contributed by atoms with Crippen molar-refractivity contribution in [3.8, 4) is 0 Å². The second-order valence-electron chi connectivity index (χ2n) is 8.32. The maximum absolute atomic E-state index is 11.5. The molecular formula is C23H27NO4. The van der Waals surface area contributed by atoms with Gasteiger partial charge in [-0.05, 0) is 40.7 Å². The maximum atomic E-state index is 11.5. The molecule has 3 rings (SSSR count). The molecule has 1 aliphatic heterocycles. The summed E-state index contributed by atoms with van der Waals surface area (Å²) in [5.74, 6) is -0.917. The number of carboxylic acids is 1. The largest absolute Gasteiger partial charge is 0.478 e. The Morgan fingerprint density at radius 2 is 1.89 bits per heavy atom. The van der Waals surface area contributed by atoms with Gasteiger partial charge in [0.1, 0.15) is 6.10 Å². The number of aromatic carboxylic acids is 1. The summed E-state index contributed by atoms with van der Waals surface area (Å²) >= 11 is 0. The fourth-order valence-corrected chi connectivity index (χ4v) is 3.39. The van der Waals surface area contributed by atoms with Crippen molar-refractivity contribution in [1.82, 2.24) is 5.32 Å². The second-order valence-corrected chi connectivity index (χ2v) is 8.32. The van der Waals surface area contributed by atoms with E-state index in [1.54, 1.807) is 18.2 Å². The van der Waals surface area contributed by atoms with Crippen LogP contribution in [0.5, 0.6) is 0 Å².